The summed E-state index contributed by atoms with van der Waals surface area (Å²) < 4.78 is 43.2. The molecule has 1 aromatic heterocycles. The lowest BCUT2D eigenvalue weighted by molar-refractivity contribution is -0.141. The molecule has 0 radical (unpaired) electrons. The molecule has 5 nitrogen and oxygen atoms in total. The molecular formula is C12H10ClF3N4O. The summed E-state index contributed by atoms with van der Waals surface area (Å²) in [5, 5.41) is 0.499. The van der Waals surface area contributed by atoms with Crippen LogP contribution < -0.4 is 16.0 Å². The molecule has 0 saturated carbocycles. The van der Waals surface area contributed by atoms with Crippen molar-refractivity contribution in [2.45, 2.75) is 12.8 Å². The standard InChI is InChI=1S/C12H10ClF3N4O/c13-8-3-1-2-7(4-8)6-21-10-5-9(12(14,15)16)18-11(19-10)20-17/h1-5H,6,17H2,(H,18,19,20). The van der Waals surface area contributed by atoms with Gasteiger partial charge in [-0.3, -0.25) is 5.43 Å². The van der Waals surface area contributed by atoms with Crippen LogP contribution in [0.15, 0.2) is 30.3 Å². The monoisotopic (exact) mass is 318 g/mol. The van der Waals surface area contributed by atoms with E-state index in [-0.39, 0.29) is 18.4 Å². The van der Waals surface area contributed by atoms with E-state index in [0.717, 1.165) is 0 Å². The van der Waals surface area contributed by atoms with E-state index < -0.39 is 11.9 Å². The number of hydrogen-bond donors (Lipinski definition) is 2. The first kappa shape index (κ1) is 15.3. The van der Waals surface area contributed by atoms with Gasteiger partial charge in [0.2, 0.25) is 11.8 Å². The van der Waals surface area contributed by atoms with E-state index in [1.165, 1.54) is 0 Å². The van der Waals surface area contributed by atoms with Crippen molar-refractivity contribution in [2.75, 3.05) is 5.43 Å². The molecule has 0 bridgehead atoms. The minimum Gasteiger partial charge on any atom is -0.473 e. The maximum absolute atomic E-state index is 12.7. The Bertz CT molecular complexity index is 636. The lowest BCUT2D eigenvalue weighted by atomic mass is 10.2. The molecule has 0 unspecified atom stereocenters. The highest BCUT2D eigenvalue weighted by Gasteiger charge is 2.34. The molecule has 1 aromatic carbocycles. The van der Waals surface area contributed by atoms with Gasteiger partial charge in [0.15, 0.2) is 5.69 Å². The number of nitrogens with one attached hydrogen (secondary N) is 1. The molecule has 0 aliphatic carbocycles. The fraction of sp³-hybridized carbons (Fsp3) is 0.167. The Morgan fingerprint density at radius 2 is 2.00 bits per heavy atom. The maximum atomic E-state index is 12.7. The van der Waals surface area contributed by atoms with Crippen LogP contribution in [0.3, 0.4) is 0 Å². The average Bonchev–Trinajstić information content (AvgIpc) is 2.44. The summed E-state index contributed by atoms with van der Waals surface area (Å²) in [6.45, 7) is 0.0128. The van der Waals surface area contributed by atoms with Crippen molar-refractivity contribution in [3.63, 3.8) is 0 Å². The molecule has 9 heteroatoms. The van der Waals surface area contributed by atoms with Crippen LogP contribution >= 0.6 is 11.6 Å². The van der Waals surface area contributed by atoms with Crippen LogP contribution in [0.4, 0.5) is 19.1 Å². The van der Waals surface area contributed by atoms with Crippen molar-refractivity contribution < 1.29 is 17.9 Å². The molecule has 21 heavy (non-hydrogen) atoms. The van der Waals surface area contributed by atoms with Crippen molar-refractivity contribution in [3.05, 3.63) is 46.6 Å². The molecule has 0 atom stereocenters. The van der Waals surface area contributed by atoms with Crippen LogP contribution in [0.1, 0.15) is 11.3 Å². The van der Waals surface area contributed by atoms with Gasteiger partial charge in [0.25, 0.3) is 0 Å². The number of nitrogen functional groups attached to an aromatic ring is 1. The van der Waals surface area contributed by atoms with Crippen LogP contribution in [-0.2, 0) is 12.8 Å². The quantitative estimate of drug-likeness (QED) is 0.669. The first-order valence-corrected chi connectivity index (χ1v) is 6.06. The van der Waals surface area contributed by atoms with E-state index in [0.29, 0.717) is 16.7 Å². The summed E-state index contributed by atoms with van der Waals surface area (Å²) in [5.74, 6) is 4.41. The number of nitrogens with two attached hydrogens (primary N) is 1. The SMILES string of the molecule is NNc1nc(OCc2cccc(Cl)c2)cc(C(F)(F)F)n1. The zero-order chi connectivity index (χ0) is 15.5. The third-order valence-electron chi connectivity index (χ3n) is 2.40. The molecule has 0 fully saturated rings. The lowest BCUT2D eigenvalue weighted by Gasteiger charge is -2.11. The predicted molar refractivity (Wildman–Crippen MR) is 70.6 cm³/mol. The molecule has 112 valence electrons. The van der Waals surface area contributed by atoms with Gasteiger partial charge in [0, 0.05) is 11.1 Å². The van der Waals surface area contributed by atoms with Gasteiger partial charge in [-0.25, -0.2) is 10.8 Å². The Hall–Kier alpha value is -2.06. The number of hydrogen-bond acceptors (Lipinski definition) is 5. The van der Waals surface area contributed by atoms with Crippen molar-refractivity contribution >= 4 is 17.5 Å². The summed E-state index contributed by atoms with van der Waals surface area (Å²) in [7, 11) is 0. The highest BCUT2D eigenvalue weighted by molar-refractivity contribution is 6.30. The third-order valence-corrected chi connectivity index (χ3v) is 2.63. The lowest BCUT2D eigenvalue weighted by Crippen LogP contribution is -2.16. The summed E-state index contributed by atoms with van der Waals surface area (Å²) >= 11 is 5.80. The van der Waals surface area contributed by atoms with Crippen molar-refractivity contribution in [2.24, 2.45) is 5.84 Å². The molecule has 0 spiro atoms. The Kier molecular flexibility index (Phi) is 4.49. The van der Waals surface area contributed by atoms with Gasteiger partial charge >= 0.3 is 6.18 Å². The number of hydrazine groups is 1. The molecule has 0 saturated heterocycles. The Balaban J connectivity index is 2.19. The minimum absolute atomic E-state index is 0.0128. The number of halogens is 4. The molecule has 0 aliphatic heterocycles. The number of rotatable bonds is 4. The van der Waals surface area contributed by atoms with Gasteiger partial charge in [-0.15, -0.1) is 0 Å². The Morgan fingerprint density at radius 3 is 2.62 bits per heavy atom. The minimum atomic E-state index is -4.62. The first-order chi connectivity index (χ1) is 9.88. The zero-order valence-corrected chi connectivity index (χ0v) is 11.2. The number of nitrogens with zero attached hydrogens (tertiary/aromatic N) is 2. The molecule has 3 N–H and O–H groups in total. The molecular weight excluding hydrogens is 309 g/mol. The Morgan fingerprint density at radius 1 is 1.24 bits per heavy atom. The normalized spacial score (nSPS) is 11.3. The highest BCUT2D eigenvalue weighted by atomic mass is 35.5. The van der Waals surface area contributed by atoms with Gasteiger partial charge in [0.05, 0.1) is 0 Å². The van der Waals surface area contributed by atoms with Crippen molar-refractivity contribution in [1.82, 2.24) is 9.97 Å². The van der Waals surface area contributed by atoms with Crippen LogP contribution in [0, 0.1) is 0 Å². The molecule has 1 heterocycles. The zero-order valence-electron chi connectivity index (χ0n) is 10.5. The van der Waals surface area contributed by atoms with E-state index >= 15 is 0 Å². The average molecular weight is 319 g/mol. The van der Waals surface area contributed by atoms with Crippen molar-refractivity contribution in [1.29, 1.82) is 0 Å². The van der Waals surface area contributed by atoms with E-state index in [2.05, 4.69) is 9.97 Å². The van der Waals surface area contributed by atoms with Gasteiger partial charge in [0.1, 0.15) is 6.61 Å². The van der Waals surface area contributed by atoms with E-state index in [9.17, 15) is 13.2 Å². The molecule has 2 aromatic rings. The number of aromatic nitrogens is 2. The van der Waals surface area contributed by atoms with E-state index in [1.807, 2.05) is 5.43 Å². The van der Waals surface area contributed by atoms with Gasteiger partial charge in [-0.05, 0) is 17.7 Å². The predicted octanol–water partition coefficient (Wildman–Crippen LogP) is 3.01. The van der Waals surface area contributed by atoms with Crippen LogP contribution in [-0.4, -0.2) is 9.97 Å². The molecule has 0 aliphatic rings. The Labute approximate surface area is 122 Å². The van der Waals surface area contributed by atoms with Crippen LogP contribution in [0.5, 0.6) is 5.88 Å². The van der Waals surface area contributed by atoms with Crippen molar-refractivity contribution in [3.8, 4) is 5.88 Å². The second-order valence-corrected chi connectivity index (χ2v) is 4.41. The van der Waals surface area contributed by atoms with Gasteiger partial charge in [-0.2, -0.15) is 18.2 Å². The summed E-state index contributed by atoms with van der Waals surface area (Å²) in [4.78, 5) is 6.92. The largest absolute Gasteiger partial charge is 0.473 e. The van der Waals surface area contributed by atoms with E-state index in [1.54, 1.807) is 24.3 Å². The second kappa shape index (κ2) is 6.15. The highest BCUT2D eigenvalue weighted by Crippen LogP contribution is 2.30. The maximum Gasteiger partial charge on any atom is 0.433 e. The van der Waals surface area contributed by atoms with Crippen LogP contribution in [0.25, 0.3) is 0 Å². The summed E-state index contributed by atoms with van der Waals surface area (Å²) in [5.41, 5.74) is 1.51. The third kappa shape index (κ3) is 4.20. The number of benzene rings is 1. The summed E-state index contributed by atoms with van der Waals surface area (Å²) in [6, 6.07) is 7.43. The fourth-order valence-electron chi connectivity index (χ4n) is 1.49. The van der Waals surface area contributed by atoms with Gasteiger partial charge < -0.3 is 4.74 Å². The van der Waals surface area contributed by atoms with Gasteiger partial charge in [-0.1, -0.05) is 23.7 Å². The van der Waals surface area contributed by atoms with Crippen LogP contribution in [0.2, 0.25) is 5.02 Å². The van der Waals surface area contributed by atoms with E-state index in [4.69, 9.17) is 22.2 Å². The number of anilines is 1. The molecule has 0 amide bonds. The molecule has 2 rings (SSSR count). The smallest absolute Gasteiger partial charge is 0.433 e. The number of ether oxygens (including phenoxy) is 1. The summed E-state index contributed by atoms with van der Waals surface area (Å²) in [6.07, 6.45) is -4.62. The topological polar surface area (TPSA) is 73.1 Å². The first-order valence-electron chi connectivity index (χ1n) is 5.68. The fourth-order valence-corrected chi connectivity index (χ4v) is 1.71. The number of alkyl halides is 3. The second-order valence-electron chi connectivity index (χ2n) is 3.98.